The van der Waals surface area contributed by atoms with Crippen LogP contribution >= 0.6 is 0 Å². The van der Waals surface area contributed by atoms with Crippen LogP contribution in [0, 0.1) is 6.92 Å². The topological polar surface area (TPSA) is 55.7 Å². The lowest BCUT2D eigenvalue weighted by Crippen LogP contribution is -2.04. The molecule has 0 unspecified atom stereocenters. The van der Waals surface area contributed by atoms with E-state index < -0.39 is 0 Å². The zero-order chi connectivity index (χ0) is 6.97. The molecule has 0 bridgehead atoms. The molecule has 2 rings (SSSR count). The van der Waals surface area contributed by atoms with Crippen LogP contribution in [-0.4, -0.2) is 15.2 Å². The molecule has 0 saturated heterocycles. The number of aromatic nitrogens is 4. The van der Waals surface area contributed by atoms with E-state index in [0.717, 1.165) is 16.7 Å². The molecule has 0 aliphatic rings. The summed E-state index contributed by atoms with van der Waals surface area (Å²) in [5.41, 5.74) is 1.91. The van der Waals surface area contributed by atoms with Crippen molar-refractivity contribution in [1.29, 1.82) is 0 Å². The van der Waals surface area contributed by atoms with Crippen molar-refractivity contribution in [3.05, 3.63) is 18.2 Å². The molecule has 4 heteroatoms. The molecule has 2 N–H and O–H groups in total. The third kappa shape index (κ3) is 0.586. The van der Waals surface area contributed by atoms with Crippen molar-refractivity contribution in [3.8, 4) is 0 Å². The van der Waals surface area contributed by atoms with Crippen molar-refractivity contribution in [3.63, 3.8) is 0 Å². The SMILES string of the molecule is Cc1nc[nH+]c2[nH]ncc12. The minimum Gasteiger partial charge on any atom is -0.248 e. The Labute approximate surface area is 57.3 Å². The molecular formula is C6H7N4+. The first-order valence-electron chi connectivity index (χ1n) is 3.04. The summed E-state index contributed by atoms with van der Waals surface area (Å²) in [7, 11) is 0. The standard InChI is InChI=1S/C6H6N4/c1-4-5-2-9-10-6(5)8-3-7-4/h2-3H,1H3,(H,7,8,9,10)/p+1. The molecule has 0 saturated carbocycles. The van der Waals surface area contributed by atoms with Crippen LogP contribution in [-0.2, 0) is 0 Å². The number of hydrogen-bond acceptors (Lipinski definition) is 2. The second-order valence-corrected chi connectivity index (χ2v) is 2.15. The van der Waals surface area contributed by atoms with Crippen molar-refractivity contribution < 1.29 is 4.98 Å². The highest BCUT2D eigenvalue weighted by Gasteiger charge is 2.04. The summed E-state index contributed by atoms with van der Waals surface area (Å²) < 4.78 is 0. The van der Waals surface area contributed by atoms with E-state index in [0.29, 0.717) is 0 Å². The third-order valence-corrected chi connectivity index (χ3v) is 1.50. The van der Waals surface area contributed by atoms with Gasteiger partial charge in [0.2, 0.25) is 6.33 Å². The molecule has 0 aliphatic carbocycles. The molecule has 0 amide bonds. The summed E-state index contributed by atoms with van der Waals surface area (Å²) in [4.78, 5) is 7.01. The van der Waals surface area contributed by atoms with Gasteiger partial charge in [0.15, 0.2) is 0 Å². The molecule has 0 spiro atoms. The van der Waals surface area contributed by atoms with Gasteiger partial charge < -0.3 is 0 Å². The van der Waals surface area contributed by atoms with Gasteiger partial charge in [-0.1, -0.05) is 0 Å². The largest absolute Gasteiger partial charge is 0.254 e. The number of nitrogens with zero attached hydrogens (tertiary/aromatic N) is 2. The van der Waals surface area contributed by atoms with Crippen molar-refractivity contribution in [2.45, 2.75) is 6.92 Å². The van der Waals surface area contributed by atoms with E-state index in [4.69, 9.17) is 0 Å². The predicted octanol–water partition coefficient (Wildman–Crippen LogP) is 0.0804. The Hall–Kier alpha value is -1.45. The molecule has 2 aromatic rings. The summed E-state index contributed by atoms with van der Waals surface area (Å²) in [5.74, 6) is 0. The van der Waals surface area contributed by atoms with E-state index in [9.17, 15) is 0 Å². The number of H-pyrrole nitrogens is 2. The molecule has 0 fully saturated rings. The molecule has 4 nitrogen and oxygen atoms in total. The van der Waals surface area contributed by atoms with Gasteiger partial charge >= 0.3 is 0 Å². The highest BCUT2D eigenvalue weighted by atomic mass is 15.1. The van der Waals surface area contributed by atoms with Gasteiger partial charge in [0.1, 0.15) is 11.1 Å². The number of nitrogens with one attached hydrogen (secondary N) is 2. The number of aromatic amines is 2. The van der Waals surface area contributed by atoms with Gasteiger partial charge in [-0.25, -0.2) is 4.98 Å². The monoisotopic (exact) mass is 135 g/mol. The summed E-state index contributed by atoms with van der Waals surface area (Å²) >= 11 is 0. The molecule has 2 heterocycles. The van der Waals surface area contributed by atoms with Crippen LogP contribution in [0.3, 0.4) is 0 Å². The quantitative estimate of drug-likeness (QED) is 0.556. The summed E-state index contributed by atoms with van der Waals surface area (Å²) in [5, 5.41) is 7.72. The molecule has 0 aliphatic heterocycles. The van der Waals surface area contributed by atoms with Gasteiger partial charge in [-0.05, 0) is 6.92 Å². The molecule has 2 aromatic heterocycles. The van der Waals surface area contributed by atoms with E-state index >= 15 is 0 Å². The number of fused-ring (bicyclic) bond motifs is 1. The Kier molecular flexibility index (Phi) is 0.943. The van der Waals surface area contributed by atoms with Crippen LogP contribution in [0.5, 0.6) is 0 Å². The first kappa shape index (κ1) is 5.34. The highest BCUT2D eigenvalue weighted by Crippen LogP contribution is 2.05. The van der Waals surface area contributed by atoms with Crippen molar-refractivity contribution in [1.82, 2.24) is 15.2 Å². The summed E-state index contributed by atoms with van der Waals surface area (Å²) in [6, 6.07) is 0. The fourth-order valence-electron chi connectivity index (χ4n) is 0.934. The molecule has 0 aromatic carbocycles. The average molecular weight is 135 g/mol. The second kappa shape index (κ2) is 1.76. The number of hydrogen-bond donors (Lipinski definition) is 1. The van der Waals surface area contributed by atoms with Gasteiger partial charge in [-0.15, -0.1) is 10.1 Å². The van der Waals surface area contributed by atoms with E-state index in [1.807, 2.05) is 6.92 Å². The van der Waals surface area contributed by atoms with Crippen LogP contribution in [0.2, 0.25) is 0 Å². The number of aryl methyl sites for hydroxylation is 1. The predicted molar refractivity (Wildman–Crippen MR) is 35.2 cm³/mol. The van der Waals surface area contributed by atoms with Crippen LogP contribution in [0.1, 0.15) is 5.69 Å². The fourth-order valence-corrected chi connectivity index (χ4v) is 0.934. The average Bonchev–Trinajstić information content (AvgIpc) is 2.36. The Morgan fingerprint density at radius 2 is 2.50 bits per heavy atom. The molecule has 50 valence electrons. The van der Waals surface area contributed by atoms with E-state index in [2.05, 4.69) is 20.2 Å². The van der Waals surface area contributed by atoms with E-state index in [1.165, 1.54) is 0 Å². The summed E-state index contributed by atoms with van der Waals surface area (Å²) in [6.45, 7) is 1.95. The minimum atomic E-state index is 0.924. The van der Waals surface area contributed by atoms with Crippen molar-refractivity contribution >= 4 is 11.0 Å². The Morgan fingerprint density at radius 1 is 1.60 bits per heavy atom. The van der Waals surface area contributed by atoms with Gasteiger partial charge in [0.25, 0.3) is 5.65 Å². The smallest absolute Gasteiger partial charge is 0.248 e. The highest BCUT2D eigenvalue weighted by molar-refractivity contribution is 5.72. The molecular weight excluding hydrogens is 128 g/mol. The van der Waals surface area contributed by atoms with Crippen LogP contribution in [0.4, 0.5) is 0 Å². The normalized spacial score (nSPS) is 10.5. The van der Waals surface area contributed by atoms with Crippen molar-refractivity contribution in [2.24, 2.45) is 0 Å². The lowest BCUT2D eigenvalue weighted by molar-refractivity contribution is -0.352. The zero-order valence-corrected chi connectivity index (χ0v) is 5.55. The van der Waals surface area contributed by atoms with Crippen molar-refractivity contribution in [2.75, 3.05) is 0 Å². The molecule has 0 atom stereocenters. The van der Waals surface area contributed by atoms with Crippen LogP contribution in [0.15, 0.2) is 12.5 Å². The fraction of sp³-hybridized carbons (Fsp3) is 0.167. The van der Waals surface area contributed by atoms with E-state index in [-0.39, 0.29) is 0 Å². The van der Waals surface area contributed by atoms with Gasteiger partial charge in [-0.3, -0.25) is 0 Å². The maximum Gasteiger partial charge on any atom is 0.254 e. The summed E-state index contributed by atoms with van der Waals surface area (Å²) in [6.07, 6.45) is 3.41. The van der Waals surface area contributed by atoms with Crippen LogP contribution < -0.4 is 4.98 Å². The third-order valence-electron chi connectivity index (χ3n) is 1.50. The molecule has 10 heavy (non-hydrogen) atoms. The maximum absolute atomic E-state index is 4.06. The molecule has 0 radical (unpaired) electrons. The van der Waals surface area contributed by atoms with Crippen LogP contribution in [0.25, 0.3) is 11.0 Å². The lowest BCUT2D eigenvalue weighted by Gasteiger charge is -1.82. The lowest BCUT2D eigenvalue weighted by atomic mass is 10.3. The Bertz CT molecular complexity index is 351. The van der Waals surface area contributed by atoms with Gasteiger partial charge in [0, 0.05) is 0 Å². The first-order valence-corrected chi connectivity index (χ1v) is 3.04. The minimum absolute atomic E-state index is 0.924. The number of rotatable bonds is 0. The van der Waals surface area contributed by atoms with Gasteiger partial charge in [-0.2, -0.15) is 5.10 Å². The van der Waals surface area contributed by atoms with E-state index in [1.54, 1.807) is 12.5 Å². The first-order chi connectivity index (χ1) is 4.88. The maximum atomic E-state index is 4.06. The Morgan fingerprint density at radius 3 is 3.30 bits per heavy atom. The van der Waals surface area contributed by atoms with Gasteiger partial charge in [0.05, 0.1) is 6.20 Å². The Balaban J connectivity index is 2.95. The second-order valence-electron chi connectivity index (χ2n) is 2.15. The zero-order valence-electron chi connectivity index (χ0n) is 5.55.